The van der Waals surface area contributed by atoms with Gasteiger partial charge in [0.25, 0.3) is 12.3 Å². The fourth-order valence-corrected chi connectivity index (χ4v) is 4.82. The number of nitrogens with two attached hydrogens (primary N) is 1. The molecule has 1 unspecified atom stereocenters. The fraction of sp³-hybridized carbons (Fsp3) is 0.316. The molecular weight excluding hydrogens is 422 g/mol. The Labute approximate surface area is 173 Å². The molecule has 2 heterocycles. The number of hydrogen-bond donors (Lipinski definition) is 3. The maximum absolute atomic E-state index is 14.8. The summed E-state index contributed by atoms with van der Waals surface area (Å²) in [6.07, 6.45) is 0.458. The Morgan fingerprint density at radius 1 is 1.30 bits per heavy atom. The van der Waals surface area contributed by atoms with Crippen molar-refractivity contribution in [3.8, 4) is 0 Å². The molecule has 6 nitrogen and oxygen atoms in total. The average molecular weight is 439 g/mol. The van der Waals surface area contributed by atoms with E-state index in [1.165, 1.54) is 36.0 Å². The van der Waals surface area contributed by atoms with E-state index in [0.29, 0.717) is 5.75 Å². The van der Waals surface area contributed by atoms with Gasteiger partial charge in [-0.3, -0.25) is 15.1 Å². The van der Waals surface area contributed by atoms with E-state index in [1.807, 2.05) is 0 Å². The van der Waals surface area contributed by atoms with Crippen molar-refractivity contribution < 1.29 is 22.4 Å². The van der Waals surface area contributed by atoms with Crippen molar-refractivity contribution in [2.75, 3.05) is 11.1 Å². The summed E-state index contributed by atoms with van der Waals surface area (Å²) in [4.78, 5) is 19.6. The van der Waals surface area contributed by atoms with Crippen molar-refractivity contribution in [1.29, 1.82) is 0 Å². The van der Waals surface area contributed by atoms with Gasteiger partial charge in [-0.25, -0.2) is 22.5 Å². The van der Waals surface area contributed by atoms with Crippen molar-refractivity contribution in [1.82, 2.24) is 15.3 Å². The van der Waals surface area contributed by atoms with Gasteiger partial charge in [-0.15, -0.1) is 11.8 Å². The van der Waals surface area contributed by atoms with Crippen LogP contribution in [0.15, 0.2) is 42.5 Å². The second-order valence-corrected chi connectivity index (χ2v) is 8.21. The molecule has 1 aliphatic carbocycles. The lowest BCUT2D eigenvalue weighted by molar-refractivity contribution is 0.102. The standard InChI is InChI=1S/C19H17F4N5OS/c20-10-3-9-8-30-18(24)28-19(9,5-10)12-4-11(1-2-13(12)21)27-17(29)15-7-25-14(6-26-15)16(22)23/h1-2,4-7,9,16,18,28H,3,8,24H2,(H,27,29)/t9-,18?,19-/m0/s1. The number of anilines is 1. The van der Waals surface area contributed by atoms with Gasteiger partial charge >= 0.3 is 0 Å². The first kappa shape index (κ1) is 20.8. The molecule has 158 valence electrons. The largest absolute Gasteiger partial charge is 0.321 e. The number of nitrogens with zero attached hydrogens (tertiary/aromatic N) is 2. The molecule has 30 heavy (non-hydrogen) atoms. The highest BCUT2D eigenvalue weighted by Gasteiger charge is 2.49. The van der Waals surface area contributed by atoms with Crippen molar-refractivity contribution >= 4 is 23.4 Å². The van der Waals surface area contributed by atoms with E-state index in [-0.39, 0.29) is 35.1 Å². The number of alkyl halides is 2. The van der Waals surface area contributed by atoms with Gasteiger partial charge in [-0.2, -0.15) is 0 Å². The summed E-state index contributed by atoms with van der Waals surface area (Å²) < 4.78 is 54.1. The molecule has 4 N–H and O–H groups in total. The molecule has 2 aliphatic rings. The molecular formula is C19H17F4N5OS. The number of hydrogen-bond acceptors (Lipinski definition) is 6. The molecule has 1 amide bonds. The van der Waals surface area contributed by atoms with Crippen LogP contribution in [0.3, 0.4) is 0 Å². The third-order valence-electron chi connectivity index (χ3n) is 5.13. The Balaban J connectivity index is 1.63. The maximum Gasteiger partial charge on any atom is 0.281 e. The van der Waals surface area contributed by atoms with Crippen LogP contribution in [-0.4, -0.2) is 27.1 Å². The zero-order valence-electron chi connectivity index (χ0n) is 15.4. The molecule has 2 aromatic rings. The van der Waals surface area contributed by atoms with Crippen molar-refractivity contribution in [3.63, 3.8) is 0 Å². The lowest BCUT2D eigenvalue weighted by atomic mass is 9.80. The first-order chi connectivity index (χ1) is 14.3. The van der Waals surface area contributed by atoms with Gasteiger partial charge in [0.15, 0.2) is 0 Å². The van der Waals surface area contributed by atoms with E-state index in [2.05, 4.69) is 20.6 Å². The van der Waals surface area contributed by atoms with Crippen LogP contribution in [0.1, 0.15) is 34.6 Å². The van der Waals surface area contributed by atoms with Crippen molar-refractivity contribution in [2.45, 2.75) is 23.9 Å². The summed E-state index contributed by atoms with van der Waals surface area (Å²) in [7, 11) is 0. The number of benzene rings is 1. The predicted molar refractivity (Wildman–Crippen MR) is 104 cm³/mol. The molecule has 3 atom stereocenters. The van der Waals surface area contributed by atoms with Crippen LogP contribution in [0.2, 0.25) is 0 Å². The molecule has 4 rings (SSSR count). The Morgan fingerprint density at radius 2 is 2.10 bits per heavy atom. The van der Waals surface area contributed by atoms with Crippen molar-refractivity contribution in [2.24, 2.45) is 11.7 Å². The van der Waals surface area contributed by atoms with Crippen LogP contribution < -0.4 is 16.4 Å². The smallest absolute Gasteiger partial charge is 0.281 e. The number of carbonyl (C=O) groups is 1. The number of allylic oxidation sites excluding steroid dienone is 1. The summed E-state index contributed by atoms with van der Waals surface area (Å²) in [5, 5.41) is 5.62. The summed E-state index contributed by atoms with van der Waals surface area (Å²) in [5.74, 6) is -1.33. The van der Waals surface area contributed by atoms with Crippen molar-refractivity contribution in [3.05, 3.63) is 65.3 Å². The van der Waals surface area contributed by atoms with E-state index in [9.17, 15) is 22.4 Å². The molecule has 0 saturated carbocycles. The predicted octanol–water partition coefficient (Wildman–Crippen LogP) is 3.45. The fourth-order valence-electron chi connectivity index (χ4n) is 3.73. The van der Waals surface area contributed by atoms with Gasteiger partial charge in [-0.1, -0.05) is 0 Å². The zero-order chi connectivity index (χ0) is 21.5. The Morgan fingerprint density at radius 3 is 2.80 bits per heavy atom. The lowest BCUT2D eigenvalue weighted by Gasteiger charge is -2.42. The third-order valence-corrected chi connectivity index (χ3v) is 6.20. The molecule has 1 fully saturated rings. The van der Waals surface area contributed by atoms with Gasteiger partial charge in [0.2, 0.25) is 0 Å². The zero-order valence-corrected chi connectivity index (χ0v) is 16.2. The Kier molecular flexibility index (Phi) is 5.51. The highest BCUT2D eigenvalue weighted by atomic mass is 32.2. The van der Waals surface area contributed by atoms with Crippen LogP contribution in [-0.2, 0) is 5.54 Å². The maximum atomic E-state index is 14.8. The van der Waals surface area contributed by atoms with E-state index in [1.54, 1.807) is 0 Å². The number of fused-ring (bicyclic) bond motifs is 1. The highest BCUT2D eigenvalue weighted by Crippen LogP contribution is 2.48. The molecule has 1 saturated heterocycles. The number of aromatic nitrogens is 2. The van der Waals surface area contributed by atoms with Crippen LogP contribution >= 0.6 is 11.8 Å². The van der Waals surface area contributed by atoms with E-state index in [0.717, 1.165) is 12.4 Å². The summed E-state index contributed by atoms with van der Waals surface area (Å²) in [5.41, 5.74) is 4.01. The molecule has 11 heteroatoms. The first-order valence-corrected chi connectivity index (χ1v) is 10.1. The average Bonchev–Trinajstić information content (AvgIpc) is 3.05. The summed E-state index contributed by atoms with van der Waals surface area (Å²) in [6, 6.07) is 3.92. The molecule has 0 radical (unpaired) electrons. The van der Waals surface area contributed by atoms with Crippen LogP contribution in [0, 0.1) is 11.7 Å². The number of nitrogens with one attached hydrogen (secondary N) is 2. The second-order valence-electron chi connectivity index (χ2n) is 7.04. The van der Waals surface area contributed by atoms with E-state index < -0.39 is 34.9 Å². The molecule has 1 aliphatic heterocycles. The number of halogens is 4. The van der Waals surface area contributed by atoms with Gasteiger partial charge in [0.1, 0.15) is 22.7 Å². The highest BCUT2D eigenvalue weighted by molar-refractivity contribution is 7.99. The minimum Gasteiger partial charge on any atom is -0.321 e. The normalized spacial score (nSPS) is 25.7. The first-order valence-electron chi connectivity index (χ1n) is 9.02. The number of thioether (sulfide) groups is 1. The van der Waals surface area contributed by atoms with Gasteiger partial charge in [0, 0.05) is 29.3 Å². The molecule has 0 bridgehead atoms. The topological polar surface area (TPSA) is 92.9 Å². The summed E-state index contributed by atoms with van der Waals surface area (Å²) in [6.45, 7) is 0. The van der Waals surface area contributed by atoms with Crippen LogP contribution in [0.4, 0.5) is 23.2 Å². The van der Waals surface area contributed by atoms with Crippen LogP contribution in [0.5, 0.6) is 0 Å². The number of amides is 1. The third kappa shape index (κ3) is 3.80. The Bertz CT molecular complexity index is 1000. The van der Waals surface area contributed by atoms with E-state index in [4.69, 9.17) is 5.73 Å². The summed E-state index contributed by atoms with van der Waals surface area (Å²) >= 11 is 1.42. The van der Waals surface area contributed by atoms with Crippen LogP contribution in [0.25, 0.3) is 0 Å². The monoisotopic (exact) mass is 439 g/mol. The quantitative estimate of drug-likeness (QED) is 0.632. The van der Waals surface area contributed by atoms with Gasteiger partial charge in [-0.05, 0) is 24.3 Å². The molecule has 0 spiro atoms. The lowest BCUT2D eigenvalue weighted by Crippen LogP contribution is -2.56. The van der Waals surface area contributed by atoms with Gasteiger partial charge in [0.05, 0.1) is 23.8 Å². The Hall–Kier alpha value is -2.50. The minimum atomic E-state index is -2.80. The number of rotatable bonds is 4. The SMILES string of the molecule is NC1N[C@@]2(c3cc(NC(=O)c4cnc(C(F)F)cn4)ccc3F)C=C(F)C[C@H]2CS1. The van der Waals surface area contributed by atoms with E-state index >= 15 is 0 Å². The molecule has 1 aromatic carbocycles. The minimum absolute atomic E-state index is 0.160. The number of carbonyl (C=O) groups excluding carboxylic acids is 1. The molecule has 1 aromatic heterocycles. The van der Waals surface area contributed by atoms with Gasteiger partial charge < -0.3 is 11.1 Å². The second kappa shape index (κ2) is 7.97.